The second-order valence-corrected chi connectivity index (χ2v) is 6.85. The first-order chi connectivity index (χ1) is 12.1. The zero-order valence-corrected chi connectivity index (χ0v) is 14.2. The van der Waals surface area contributed by atoms with E-state index in [1.165, 1.54) is 24.3 Å². The number of hydrogen-bond donors (Lipinski definition) is 4. The number of hydrazone groups is 1. The van der Waals surface area contributed by atoms with Crippen molar-refractivity contribution >= 4 is 39.2 Å². The summed E-state index contributed by atoms with van der Waals surface area (Å²) in [7, 11) is -4.05. The summed E-state index contributed by atoms with van der Waals surface area (Å²) in [4.78, 5) is 1.69. The van der Waals surface area contributed by atoms with E-state index in [1.54, 1.807) is 0 Å². The van der Waals surface area contributed by atoms with Gasteiger partial charge in [0, 0.05) is 5.02 Å². The van der Waals surface area contributed by atoms with E-state index in [9.17, 15) is 18.7 Å². The van der Waals surface area contributed by atoms with Crippen molar-refractivity contribution in [1.82, 2.24) is 4.83 Å². The third kappa shape index (κ3) is 4.51. The van der Waals surface area contributed by atoms with Crippen LogP contribution in [0.5, 0.6) is 5.75 Å². The van der Waals surface area contributed by atoms with Crippen molar-refractivity contribution in [3.63, 3.8) is 0 Å². The fourth-order valence-electron chi connectivity index (χ4n) is 1.81. The van der Waals surface area contributed by atoms with Crippen LogP contribution in [0.4, 0.5) is 11.4 Å². The van der Waals surface area contributed by atoms with E-state index in [-0.39, 0.29) is 4.90 Å². The standard InChI is InChI=1S/C13H12ClN4O7S/c14-9-1-3-11(4-2-9)26(24,25)16-15-7-8-5-10(17(20)21)6-12(13(8)19)18(22)23/h1-7,16,19-20,22-23H/q-1/p-1/b15-7-. The van der Waals surface area contributed by atoms with Crippen molar-refractivity contribution in [3.05, 3.63) is 52.2 Å². The van der Waals surface area contributed by atoms with Crippen LogP contribution in [0.1, 0.15) is 5.56 Å². The Kier molecular flexibility index (Phi) is 5.86. The molecule has 0 fully saturated rings. The Morgan fingerprint density at radius 2 is 1.77 bits per heavy atom. The minimum atomic E-state index is -4.05. The molecule has 0 heterocycles. The fourth-order valence-corrected chi connectivity index (χ4v) is 2.72. The number of anilines is 2. The molecule has 0 spiro atoms. The van der Waals surface area contributed by atoms with E-state index in [1.807, 2.05) is 4.83 Å². The van der Waals surface area contributed by atoms with Gasteiger partial charge in [0.25, 0.3) is 10.0 Å². The van der Waals surface area contributed by atoms with Crippen LogP contribution in [0, 0.1) is 5.21 Å². The maximum atomic E-state index is 12.0. The molecule has 26 heavy (non-hydrogen) atoms. The summed E-state index contributed by atoms with van der Waals surface area (Å²) in [6.07, 6.45) is 0.732. The van der Waals surface area contributed by atoms with Crippen molar-refractivity contribution < 1.29 is 29.1 Å². The molecule has 0 aromatic heterocycles. The van der Waals surface area contributed by atoms with Crippen LogP contribution in [0.2, 0.25) is 5.02 Å². The van der Waals surface area contributed by atoms with E-state index < -0.39 is 43.2 Å². The average molecular weight is 403 g/mol. The van der Waals surface area contributed by atoms with Gasteiger partial charge in [0.2, 0.25) is 0 Å². The first-order valence-electron chi connectivity index (χ1n) is 6.61. The van der Waals surface area contributed by atoms with Crippen LogP contribution >= 0.6 is 11.6 Å². The lowest BCUT2D eigenvalue weighted by Gasteiger charge is -2.26. The van der Waals surface area contributed by atoms with Gasteiger partial charge in [0.05, 0.1) is 22.5 Å². The SMILES string of the molecule is O=S(=O)(N/N=C\c1cc(N([O-])O)cc(N(O)O)c1[O-])c1ccc(Cl)cc1. The van der Waals surface area contributed by atoms with E-state index >= 15 is 0 Å². The Bertz CT molecular complexity index is 917. The van der Waals surface area contributed by atoms with Crippen LogP contribution in [0.15, 0.2) is 46.4 Å². The predicted molar refractivity (Wildman–Crippen MR) is 88.9 cm³/mol. The summed E-state index contributed by atoms with van der Waals surface area (Å²) in [5, 5.41) is 52.4. The normalized spacial score (nSPS) is 11.6. The van der Waals surface area contributed by atoms with Crippen LogP contribution in [0.3, 0.4) is 0 Å². The molecule has 0 saturated carbocycles. The molecule has 0 radical (unpaired) electrons. The molecule has 140 valence electrons. The van der Waals surface area contributed by atoms with E-state index in [4.69, 9.17) is 27.2 Å². The highest BCUT2D eigenvalue weighted by Gasteiger charge is 2.12. The van der Waals surface area contributed by atoms with E-state index in [2.05, 4.69) is 5.10 Å². The zero-order chi connectivity index (χ0) is 19.5. The van der Waals surface area contributed by atoms with Crippen molar-refractivity contribution in [3.8, 4) is 5.75 Å². The van der Waals surface area contributed by atoms with Gasteiger partial charge >= 0.3 is 0 Å². The molecule has 0 bridgehead atoms. The molecular formula is C13H11ClN4O7S-2. The van der Waals surface area contributed by atoms with Crippen LogP contribution in [-0.2, 0) is 10.0 Å². The highest BCUT2D eigenvalue weighted by Crippen LogP contribution is 2.31. The molecule has 2 aromatic carbocycles. The predicted octanol–water partition coefficient (Wildman–Crippen LogP) is 1.00. The first-order valence-corrected chi connectivity index (χ1v) is 8.47. The number of nitrogens with one attached hydrogen (secondary N) is 1. The number of benzene rings is 2. The van der Waals surface area contributed by atoms with Crippen LogP contribution in [0.25, 0.3) is 0 Å². The minimum Gasteiger partial charge on any atom is -0.870 e. The van der Waals surface area contributed by atoms with Gasteiger partial charge in [0.15, 0.2) is 0 Å². The minimum absolute atomic E-state index is 0.145. The van der Waals surface area contributed by atoms with Gasteiger partial charge in [-0.1, -0.05) is 17.4 Å². The third-order valence-electron chi connectivity index (χ3n) is 3.02. The molecule has 2 aromatic rings. The number of nitrogens with zero attached hydrogens (tertiary/aromatic N) is 3. The van der Waals surface area contributed by atoms with Gasteiger partial charge < -0.3 is 15.5 Å². The molecule has 4 N–H and O–H groups in total. The smallest absolute Gasteiger partial charge is 0.276 e. The van der Waals surface area contributed by atoms with Crippen molar-refractivity contribution in [2.45, 2.75) is 4.90 Å². The maximum Gasteiger partial charge on any atom is 0.276 e. The van der Waals surface area contributed by atoms with Crippen LogP contribution in [-0.4, -0.2) is 30.3 Å². The number of hydrogen-bond acceptors (Lipinski definition) is 10. The van der Waals surface area contributed by atoms with Crippen molar-refractivity contribution in [1.29, 1.82) is 0 Å². The zero-order valence-electron chi connectivity index (χ0n) is 12.6. The average Bonchev–Trinajstić information content (AvgIpc) is 2.56. The highest BCUT2D eigenvalue weighted by molar-refractivity contribution is 7.89. The van der Waals surface area contributed by atoms with Gasteiger partial charge in [-0.15, -0.1) is 5.23 Å². The molecule has 0 saturated heterocycles. The number of sulfonamides is 1. The lowest BCUT2D eigenvalue weighted by atomic mass is 10.1. The quantitative estimate of drug-likeness (QED) is 0.406. The summed E-state index contributed by atoms with van der Waals surface area (Å²) in [6.45, 7) is 0. The van der Waals surface area contributed by atoms with Gasteiger partial charge in [-0.25, -0.2) is 4.83 Å². The Hall–Kier alpha value is -2.61. The van der Waals surface area contributed by atoms with Gasteiger partial charge in [-0.05, 0) is 42.0 Å². The molecule has 2 rings (SSSR count). The van der Waals surface area contributed by atoms with Crippen LogP contribution < -0.4 is 20.4 Å². The number of halogens is 1. The van der Waals surface area contributed by atoms with Crippen molar-refractivity contribution in [2.24, 2.45) is 5.10 Å². The van der Waals surface area contributed by atoms with Gasteiger partial charge in [-0.3, -0.25) is 15.6 Å². The monoisotopic (exact) mass is 402 g/mol. The van der Waals surface area contributed by atoms with Gasteiger partial charge in [-0.2, -0.15) is 13.5 Å². The topological polar surface area (TPSA) is 172 Å². The lowest BCUT2D eigenvalue weighted by molar-refractivity contribution is -0.268. The van der Waals surface area contributed by atoms with E-state index in [0.717, 1.165) is 12.3 Å². The highest BCUT2D eigenvalue weighted by atomic mass is 35.5. The fraction of sp³-hybridized carbons (Fsp3) is 0. The molecule has 0 amide bonds. The van der Waals surface area contributed by atoms with Crippen molar-refractivity contribution in [2.75, 3.05) is 10.5 Å². The number of rotatable bonds is 6. The third-order valence-corrected chi connectivity index (χ3v) is 4.51. The first kappa shape index (κ1) is 19.7. The molecule has 13 heteroatoms. The summed E-state index contributed by atoms with van der Waals surface area (Å²) in [6, 6.07) is 6.73. The molecular weight excluding hydrogens is 392 g/mol. The molecule has 0 aliphatic carbocycles. The summed E-state index contributed by atoms with van der Waals surface area (Å²) < 4.78 is 24.1. The Morgan fingerprint density at radius 3 is 2.31 bits per heavy atom. The Morgan fingerprint density at radius 1 is 1.15 bits per heavy atom. The largest absolute Gasteiger partial charge is 0.870 e. The molecule has 0 aliphatic rings. The van der Waals surface area contributed by atoms with Gasteiger partial charge in [0.1, 0.15) is 0 Å². The molecule has 0 unspecified atom stereocenters. The second kappa shape index (κ2) is 7.74. The summed E-state index contributed by atoms with van der Waals surface area (Å²) >= 11 is 5.67. The van der Waals surface area contributed by atoms with E-state index in [0.29, 0.717) is 11.1 Å². The molecule has 11 nitrogen and oxygen atoms in total. The lowest BCUT2D eigenvalue weighted by Crippen LogP contribution is -2.19. The second-order valence-electron chi connectivity index (χ2n) is 4.75. The molecule has 0 atom stereocenters. The Labute approximate surface area is 152 Å². The molecule has 0 aliphatic heterocycles. The maximum absolute atomic E-state index is 12.0. The summed E-state index contributed by atoms with van der Waals surface area (Å²) in [5.74, 6) is -0.991. The summed E-state index contributed by atoms with van der Waals surface area (Å²) in [5.41, 5.74) is -1.69. The Balaban J connectivity index is 2.31.